The monoisotopic (exact) mass is 464 g/mol. The van der Waals surface area contributed by atoms with Crippen molar-refractivity contribution < 1.29 is 18.8 Å². The van der Waals surface area contributed by atoms with Gasteiger partial charge in [0.25, 0.3) is 11.8 Å². The standard InChI is InChI=1S/C24H21ClN4O4/c1-14-20-18(26-27-22(30)15-7-3-2-4-8-15)11-6-12-19(20)33-21(14)24(32)29-28-23(31)16-9-5-10-17(25)13-16/h2-5,7-10,13H,6,11-12H2,1H3,(H,27,30)(H,28,31)(H,29,32)/b26-18+. The van der Waals surface area contributed by atoms with Crippen LogP contribution in [0.3, 0.4) is 0 Å². The molecule has 4 rings (SSSR count). The van der Waals surface area contributed by atoms with Crippen LogP contribution in [-0.2, 0) is 6.42 Å². The lowest BCUT2D eigenvalue weighted by atomic mass is 9.93. The van der Waals surface area contributed by atoms with E-state index in [-0.39, 0.29) is 11.7 Å². The zero-order chi connectivity index (χ0) is 23.4. The van der Waals surface area contributed by atoms with E-state index in [1.807, 2.05) is 6.07 Å². The van der Waals surface area contributed by atoms with Gasteiger partial charge in [0.05, 0.1) is 5.71 Å². The second-order valence-electron chi connectivity index (χ2n) is 7.49. The molecule has 1 heterocycles. The van der Waals surface area contributed by atoms with Crippen molar-refractivity contribution in [3.63, 3.8) is 0 Å². The van der Waals surface area contributed by atoms with Crippen molar-refractivity contribution in [3.8, 4) is 0 Å². The number of amides is 3. The van der Waals surface area contributed by atoms with Crippen molar-refractivity contribution in [1.82, 2.24) is 16.3 Å². The predicted molar refractivity (Wildman–Crippen MR) is 123 cm³/mol. The van der Waals surface area contributed by atoms with Gasteiger partial charge in [-0.1, -0.05) is 35.9 Å². The summed E-state index contributed by atoms with van der Waals surface area (Å²) in [6.45, 7) is 1.75. The van der Waals surface area contributed by atoms with Crippen molar-refractivity contribution in [2.75, 3.05) is 0 Å². The van der Waals surface area contributed by atoms with Gasteiger partial charge < -0.3 is 4.42 Å². The van der Waals surface area contributed by atoms with Crippen LogP contribution in [0.15, 0.2) is 64.1 Å². The number of hydrogen-bond donors (Lipinski definition) is 3. The highest BCUT2D eigenvalue weighted by atomic mass is 35.5. The van der Waals surface area contributed by atoms with Gasteiger partial charge in [-0.2, -0.15) is 5.10 Å². The lowest BCUT2D eigenvalue weighted by Crippen LogP contribution is -2.41. The molecule has 0 fully saturated rings. The topological polar surface area (TPSA) is 113 Å². The second-order valence-corrected chi connectivity index (χ2v) is 7.93. The first-order valence-electron chi connectivity index (χ1n) is 10.3. The van der Waals surface area contributed by atoms with Crippen molar-refractivity contribution >= 4 is 35.0 Å². The van der Waals surface area contributed by atoms with Gasteiger partial charge >= 0.3 is 5.91 Å². The highest BCUT2D eigenvalue weighted by Gasteiger charge is 2.28. The molecule has 33 heavy (non-hydrogen) atoms. The number of aryl methyl sites for hydroxylation is 1. The minimum absolute atomic E-state index is 0.0791. The molecule has 0 saturated carbocycles. The zero-order valence-electron chi connectivity index (χ0n) is 17.8. The van der Waals surface area contributed by atoms with Crippen LogP contribution in [0.5, 0.6) is 0 Å². The van der Waals surface area contributed by atoms with Crippen LogP contribution < -0.4 is 16.3 Å². The van der Waals surface area contributed by atoms with Gasteiger partial charge in [-0.3, -0.25) is 25.2 Å². The van der Waals surface area contributed by atoms with E-state index >= 15 is 0 Å². The molecule has 2 aromatic carbocycles. The maximum atomic E-state index is 12.7. The number of hydrazine groups is 1. The quantitative estimate of drug-likeness (QED) is 0.510. The number of nitrogens with one attached hydrogen (secondary N) is 3. The van der Waals surface area contributed by atoms with Crippen molar-refractivity contribution in [1.29, 1.82) is 0 Å². The molecular weight excluding hydrogens is 444 g/mol. The molecule has 1 aliphatic carbocycles. The highest BCUT2D eigenvalue weighted by molar-refractivity contribution is 6.31. The molecule has 1 aliphatic rings. The Labute approximate surface area is 195 Å². The molecule has 0 atom stereocenters. The van der Waals surface area contributed by atoms with Crippen LogP contribution >= 0.6 is 11.6 Å². The Morgan fingerprint density at radius 2 is 1.64 bits per heavy atom. The molecule has 0 radical (unpaired) electrons. The van der Waals surface area contributed by atoms with E-state index < -0.39 is 11.8 Å². The van der Waals surface area contributed by atoms with E-state index in [0.717, 1.165) is 6.42 Å². The van der Waals surface area contributed by atoms with Crippen molar-refractivity contribution in [2.24, 2.45) is 5.10 Å². The summed E-state index contributed by atoms with van der Waals surface area (Å²) in [7, 11) is 0. The molecule has 168 valence electrons. The third kappa shape index (κ3) is 4.96. The fraction of sp³-hybridized carbons (Fsp3) is 0.167. The van der Waals surface area contributed by atoms with Gasteiger partial charge in [0.2, 0.25) is 0 Å². The smallest absolute Gasteiger partial charge is 0.305 e. The number of halogens is 1. The summed E-state index contributed by atoms with van der Waals surface area (Å²) < 4.78 is 5.80. The fourth-order valence-corrected chi connectivity index (χ4v) is 3.83. The largest absolute Gasteiger partial charge is 0.455 e. The maximum Gasteiger partial charge on any atom is 0.305 e. The fourth-order valence-electron chi connectivity index (χ4n) is 3.64. The third-order valence-corrected chi connectivity index (χ3v) is 5.47. The second kappa shape index (κ2) is 9.70. The van der Waals surface area contributed by atoms with Gasteiger partial charge in [0, 0.05) is 33.7 Å². The van der Waals surface area contributed by atoms with Crippen LogP contribution in [0, 0.1) is 6.92 Å². The number of hydrogen-bond acceptors (Lipinski definition) is 5. The van der Waals surface area contributed by atoms with E-state index in [1.54, 1.807) is 49.4 Å². The zero-order valence-corrected chi connectivity index (χ0v) is 18.5. The molecule has 0 aliphatic heterocycles. The molecule has 0 spiro atoms. The minimum Gasteiger partial charge on any atom is -0.455 e. The summed E-state index contributed by atoms with van der Waals surface area (Å²) >= 11 is 5.90. The molecule has 3 amide bonds. The number of fused-ring (bicyclic) bond motifs is 1. The molecule has 3 aromatic rings. The minimum atomic E-state index is -0.593. The molecule has 1 aromatic heterocycles. The predicted octanol–water partition coefficient (Wildman–Crippen LogP) is 3.79. The molecule has 0 unspecified atom stereocenters. The van der Waals surface area contributed by atoms with Gasteiger partial charge in [0.15, 0.2) is 5.76 Å². The Balaban J connectivity index is 1.48. The molecule has 9 heteroatoms. The molecule has 0 bridgehead atoms. The Morgan fingerprint density at radius 1 is 0.909 bits per heavy atom. The van der Waals surface area contributed by atoms with E-state index in [4.69, 9.17) is 16.0 Å². The summed E-state index contributed by atoms with van der Waals surface area (Å²) in [4.78, 5) is 37.3. The van der Waals surface area contributed by atoms with E-state index in [2.05, 4.69) is 21.4 Å². The Bertz CT molecular complexity index is 1250. The maximum absolute atomic E-state index is 12.7. The first-order chi connectivity index (χ1) is 15.9. The van der Waals surface area contributed by atoms with Crippen LogP contribution in [0.25, 0.3) is 0 Å². The third-order valence-electron chi connectivity index (χ3n) is 5.24. The number of nitrogens with zero attached hydrogens (tertiary/aromatic N) is 1. The van der Waals surface area contributed by atoms with Crippen LogP contribution in [0.1, 0.15) is 61.0 Å². The SMILES string of the molecule is Cc1c(C(=O)NNC(=O)c2cccc(Cl)c2)oc2c1/C(=N/NC(=O)c1ccccc1)CCC2. The van der Waals surface area contributed by atoms with Crippen LogP contribution in [0.2, 0.25) is 5.02 Å². The Morgan fingerprint density at radius 3 is 2.39 bits per heavy atom. The highest BCUT2D eigenvalue weighted by Crippen LogP contribution is 2.29. The lowest BCUT2D eigenvalue weighted by Gasteiger charge is -2.13. The number of hydrazone groups is 1. The Hall–Kier alpha value is -3.91. The van der Waals surface area contributed by atoms with Gasteiger partial charge in [0.1, 0.15) is 5.76 Å². The summed E-state index contributed by atoms with van der Waals surface area (Å²) in [5.41, 5.74) is 10.0. The van der Waals surface area contributed by atoms with Gasteiger partial charge in [-0.25, -0.2) is 5.43 Å². The summed E-state index contributed by atoms with van der Waals surface area (Å²) in [5, 5.41) is 4.71. The number of rotatable bonds is 4. The number of benzene rings is 2. The molecular formula is C24H21ClN4O4. The van der Waals surface area contributed by atoms with Crippen LogP contribution in [-0.4, -0.2) is 23.4 Å². The van der Waals surface area contributed by atoms with Gasteiger partial charge in [-0.05, 0) is 50.1 Å². The van der Waals surface area contributed by atoms with Crippen molar-refractivity contribution in [3.05, 3.63) is 93.4 Å². The Kier molecular flexibility index (Phi) is 6.55. The summed E-state index contributed by atoms with van der Waals surface area (Å²) in [5.74, 6) is -0.720. The average molecular weight is 465 g/mol. The summed E-state index contributed by atoms with van der Waals surface area (Å²) in [6, 6.07) is 15.1. The van der Waals surface area contributed by atoms with Crippen LogP contribution in [0.4, 0.5) is 0 Å². The number of carbonyl (C=O) groups is 3. The average Bonchev–Trinajstić information content (AvgIpc) is 3.18. The van der Waals surface area contributed by atoms with E-state index in [1.165, 1.54) is 6.07 Å². The summed E-state index contributed by atoms with van der Waals surface area (Å²) in [6.07, 6.45) is 2.05. The normalized spacial score (nSPS) is 13.8. The first-order valence-corrected chi connectivity index (χ1v) is 10.7. The molecule has 3 N–H and O–H groups in total. The van der Waals surface area contributed by atoms with Gasteiger partial charge in [-0.15, -0.1) is 0 Å². The lowest BCUT2D eigenvalue weighted by molar-refractivity contribution is 0.0829. The van der Waals surface area contributed by atoms with Crippen molar-refractivity contribution in [2.45, 2.75) is 26.2 Å². The first kappa shape index (κ1) is 22.3. The molecule has 0 saturated heterocycles. The molecule has 8 nitrogen and oxygen atoms in total. The van der Waals surface area contributed by atoms with E-state index in [9.17, 15) is 14.4 Å². The number of carbonyl (C=O) groups excluding carboxylic acids is 3. The van der Waals surface area contributed by atoms with E-state index in [0.29, 0.717) is 51.6 Å². The number of furan rings is 1.